The molecule has 0 aliphatic heterocycles. The molecule has 0 fully saturated rings. The van der Waals surface area contributed by atoms with E-state index in [-0.39, 0.29) is 0 Å². The predicted octanol–water partition coefficient (Wildman–Crippen LogP) is 3.49. The van der Waals surface area contributed by atoms with Crippen LogP contribution in [-0.2, 0) is 6.54 Å². The summed E-state index contributed by atoms with van der Waals surface area (Å²) in [7, 11) is 0. The Kier molecular flexibility index (Phi) is 4.87. The Bertz CT molecular complexity index is 316. The zero-order valence-corrected chi connectivity index (χ0v) is 10.1. The van der Waals surface area contributed by atoms with Crippen molar-refractivity contribution in [3.05, 3.63) is 35.4 Å². The lowest BCUT2D eigenvalue weighted by Gasteiger charge is -2.15. The fourth-order valence-corrected chi connectivity index (χ4v) is 1.80. The van der Waals surface area contributed by atoms with Crippen LogP contribution in [0.2, 0.25) is 0 Å². The van der Waals surface area contributed by atoms with E-state index >= 15 is 0 Å². The summed E-state index contributed by atoms with van der Waals surface area (Å²) in [6.07, 6.45) is 1.05. The Balaban J connectivity index is 2.48. The van der Waals surface area contributed by atoms with Gasteiger partial charge in [0.05, 0.1) is 0 Å². The van der Waals surface area contributed by atoms with Crippen LogP contribution in [0.15, 0.2) is 18.2 Å². The van der Waals surface area contributed by atoms with E-state index in [1.54, 1.807) is 0 Å². The molecule has 0 spiro atoms. The number of nitrogens with one attached hydrogen (secondary N) is 1. The molecule has 0 aliphatic carbocycles. The van der Waals surface area contributed by atoms with Crippen LogP contribution in [0.5, 0.6) is 0 Å². The van der Waals surface area contributed by atoms with Crippen molar-refractivity contribution in [3.63, 3.8) is 0 Å². The van der Waals surface area contributed by atoms with Gasteiger partial charge in [-0.25, -0.2) is 8.78 Å². The first-order valence-electron chi connectivity index (χ1n) is 5.65. The van der Waals surface area contributed by atoms with Gasteiger partial charge in [-0.2, -0.15) is 0 Å². The van der Waals surface area contributed by atoms with Crippen molar-refractivity contribution in [2.75, 3.05) is 0 Å². The van der Waals surface area contributed by atoms with Gasteiger partial charge in [-0.05, 0) is 37.0 Å². The quantitative estimate of drug-likeness (QED) is 0.812. The lowest BCUT2D eigenvalue weighted by Crippen LogP contribution is -2.26. The molecule has 0 saturated heterocycles. The normalized spacial score (nSPS) is 13.1. The van der Waals surface area contributed by atoms with E-state index in [0.717, 1.165) is 12.5 Å². The van der Waals surface area contributed by atoms with Crippen molar-refractivity contribution < 1.29 is 8.78 Å². The first kappa shape index (κ1) is 13.1. The van der Waals surface area contributed by atoms with E-state index < -0.39 is 11.6 Å². The molecule has 90 valence electrons. The van der Waals surface area contributed by atoms with Crippen LogP contribution < -0.4 is 5.32 Å². The van der Waals surface area contributed by atoms with E-state index in [2.05, 4.69) is 26.1 Å². The first-order chi connectivity index (χ1) is 7.47. The molecule has 1 N–H and O–H groups in total. The summed E-state index contributed by atoms with van der Waals surface area (Å²) in [6, 6.07) is 3.96. The summed E-state index contributed by atoms with van der Waals surface area (Å²) < 4.78 is 25.8. The molecular weight excluding hydrogens is 208 g/mol. The molecule has 0 saturated carbocycles. The standard InChI is InChI=1S/C13H19F2N/c1-9(2)4-10(3)16-8-11-5-12(14)7-13(15)6-11/h5-7,9-10,16H,4,8H2,1-3H3/t10-/m0/s1. The Hall–Kier alpha value is -0.960. The third-order valence-electron chi connectivity index (χ3n) is 2.40. The summed E-state index contributed by atoms with van der Waals surface area (Å²) in [5.41, 5.74) is 0.646. The molecule has 1 aromatic rings. The molecule has 0 amide bonds. The summed E-state index contributed by atoms with van der Waals surface area (Å²) in [5.74, 6) is -0.423. The van der Waals surface area contributed by atoms with Gasteiger partial charge in [0.15, 0.2) is 0 Å². The summed E-state index contributed by atoms with van der Waals surface area (Å²) in [5, 5.41) is 3.25. The molecule has 0 heterocycles. The SMILES string of the molecule is CC(C)C[C@H](C)NCc1cc(F)cc(F)c1. The Morgan fingerprint density at radius 1 is 1.06 bits per heavy atom. The second-order valence-electron chi connectivity index (χ2n) is 4.69. The van der Waals surface area contributed by atoms with Crippen molar-refractivity contribution in [2.45, 2.75) is 39.8 Å². The zero-order chi connectivity index (χ0) is 12.1. The second kappa shape index (κ2) is 5.94. The summed E-state index contributed by atoms with van der Waals surface area (Å²) in [4.78, 5) is 0. The van der Waals surface area contributed by atoms with Gasteiger partial charge in [0.1, 0.15) is 11.6 Å². The Morgan fingerprint density at radius 3 is 2.12 bits per heavy atom. The van der Waals surface area contributed by atoms with Crippen molar-refractivity contribution >= 4 is 0 Å². The van der Waals surface area contributed by atoms with Crippen LogP contribution >= 0.6 is 0 Å². The lowest BCUT2D eigenvalue weighted by atomic mass is 10.1. The minimum Gasteiger partial charge on any atom is -0.310 e. The van der Waals surface area contributed by atoms with Crippen LogP contribution in [-0.4, -0.2) is 6.04 Å². The Labute approximate surface area is 95.9 Å². The molecule has 0 unspecified atom stereocenters. The van der Waals surface area contributed by atoms with Crippen molar-refractivity contribution in [1.29, 1.82) is 0 Å². The topological polar surface area (TPSA) is 12.0 Å². The van der Waals surface area contributed by atoms with E-state index in [1.165, 1.54) is 12.1 Å². The number of hydrogen-bond acceptors (Lipinski definition) is 1. The number of rotatable bonds is 5. The highest BCUT2D eigenvalue weighted by atomic mass is 19.1. The average molecular weight is 227 g/mol. The highest BCUT2D eigenvalue weighted by Crippen LogP contribution is 2.09. The average Bonchev–Trinajstić information content (AvgIpc) is 2.12. The predicted molar refractivity (Wildman–Crippen MR) is 62.1 cm³/mol. The maximum absolute atomic E-state index is 12.9. The first-order valence-corrected chi connectivity index (χ1v) is 5.65. The molecule has 1 rings (SSSR count). The van der Waals surface area contributed by atoms with Gasteiger partial charge in [-0.1, -0.05) is 13.8 Å². The molecule has 1 nitrogen and oxygen atoms in total. The van der Waals surface area contributed by atoms with Crippen LogP contribution in [0.3, 0.4) is 0 Å². The molecule has 3 heteroatoms. The minimum absolute atomic E-state index is 0.353. The minimum atomic E-state index is -0.520. The van der Waals surface area contributed by atoms with Gasteiger partial charge in [-0.15, -0.1) is 0 Å². The van der Waals surface area contributed by atoms with Crippen LogP contribution in [0, 0.1) is 17.6 Å². The lowest BCUT2D eigenvalue weighted by molar-refractivity contribution is 0.440. The zero-order valence-electron chi connectivity index (χ0n) is 10.1. The maximum atomic E-state index is 12.9. The summed E-state index contributed by atoms with van der Waals surface area (Å²) >= 11 is 0. The van der Waals surface area contributed by atoms with Crippen molar-refractivity contribution in [1.82, 2.24) is 5.32 Å². The van der Waals surface area contributed by atoms with E-state index in [0.29, 0.717) is 24.1 Å². The van der Waals surface area contributed by atoms with Gasteiger partial charge >= 0.3 is 0 Å². The van der Waals surface area contributed by atoms with E-state index in [1.807, 2.05) is 0 Å². The summed E-state index contributed by atoms with van der Waals surface area (Å²) in [6.45, 7) is 6.89. The smallest absolute Gasteiger partial charge is 0.126 e. The van der Waals surface area contributed by atoms with Crippen LogP contribution in [0.25, 0.3) is 0 Å². The van der Waals surface area contributed by atoms with Gasteiger partial charge in [0, 0.05) is 18.7 Å². The number of benzene rings is 1. The third-order valence-corrected chi connectivity index (χ3v) is 2.40. The largest absolute Gasteiger partial charge is 0.310 e. The van der Waals surface area contributed by atoms with Gasteiger partial charge in [0.2, 0.25) is 0 Å². The monoisotopic (exact) mass is 227 g/mol. The van der Waals surface area contributed by atoms with Crippen molar-refractivity contribution in [2.24, 2.45) is 5.92 Å². The van der Waals surface area contributed by atoms with Gasteiger partial charge in [0.25, 0.3) is 0 Å². The fraction of sp³-hybridized carbons (Fsp3) is 0.538. The molecular formula is C13H19F2N. The number of halogens is 2. The molecule has 1 atom stereocenters. The highest BCUT2D eigenvalue weighted by Gasteiger charge is 2.05. The molecule has 0 bridgehead atoms. The molecule has 0 aromatic heterocycles. The van der Waals surface area contributed by atoms with Crippen LogP contribution in [0.4, 0.5) is 8.78 Å². The molecule has 0 radical (unpaired) electrons. The Morgan fingerprint density at radius 2 is 1.62 bits per heavy atom. The molecule has 16 heavy (non-hydrogen) atoms. The van der Waals surface area contributed by atoms with Crippen LogP contribution in [0.1, 0.15) is 32.8 Å². The van der Waals surface area contributed by atoms with Crippen molar-refractivity contribution in [3.8, 4) is 0 Å². The van der Waals surface area contributed by atoms with Gasteiger partial charge in [-0.3, -0.25) is 0 Å². The highest BCUT2D eigenvalue weighted by molar-refractivity contribution is 5.17. The second-order valence-corrected chi connectivity index (χ2v) is 4.69. The third kappa shape index (κ3) is 4.71. The fourth-order valence-electron chi connectivity index (χ4n) is 1.80. The van der Waals surface area contributed by atoms with E-state index in [4.69, 9.17) is 0 Å². The van der Waals surface area contributed by atoms with E-state index in [9.17, 15) is 8.78 Å². The van der Waals surface area contributed by atoms with Gasteiger partial charge < -0.3 is 5.32 Å². The maximum Gasteiger partial charge on any atom is 0.126 e. The number of hydrogen-bond donors (Lipinski definition) is 1. The molecule has 0 aliphatic rings. The molecule has 1 aromatic carbocycles.